The molecule has 4 aromatic rings. The van der Waals surface area contributed by atoms with Crippen LogP contribution in [-0.4, -0.2) is 52.9 Å². The van der Waals surface area contributed by atoms with Crippen LogP contribution in [0.2, 0.25) is 0 Å². The molecule has 0 saturated carbocycles. The molecule has 38 heavy (non-hydrogen) atoms. The van der Waals surface area contributed by atoms with E-state index in [0.717, 1.165) is 22.5 Å². The molecule has 1 heterocycles. The molecule has 0 fully saturated rings. The van der Waals surface area contributed by atoms with Gasteiger partial charge in [0.2, 0.25) is 0 Å². The molecule has 0 spiro atoms. The Morgan fingerprint density at radius 2 is 1.68 bits per heavy atom. The molecule has 0 saturated heterocycles. The highest BCUT2D eigenvalue weighted by atomic mass is 32.2. The first-order valence-corrected chi connectivity index (χ1v) is 12.5. The standard InChI is InChI=1S/C26H24F3N7OS/c1-35(2)21-10-8-20(9-11-21)32-25(38-3)33-31-16-18-4-6-19(7-5-18)24-30-17-36(34-24)22-12-14-23(15-13-22)37-26(27,28)29/h4-17H,1-3H3,(H,32,33)/b31-16-. The molecule has 3 aromatic carbocycles. The molecule has 1 aromatic heterocycles. The van der Waals surface area contributed by atoms with Gasteiger partial charge in [-0.3, -0.25) is 5.43 Å². The van der Waals surface area contributed by atoms with Crippen LogP contribution < -0.4 is 15.1 Å². The second-order valence-corrected chi connectivity index (χ2v) is 8.87. The largest absolute Gasteiger partial charge is 0.573 e. The van der Waals surface area contributed by atoms with Crippen LogP contribution in [0.15, 0.2) is 89.2 Å². The van der Waals surface area contributed by atoms with E-state index in [1.54, 1.807) is 6.21 Å². The summed E-state index contributed by atoms with van der Waals surface area (Å²) in [5.74, 6) is 0.169. The minimum atomic E-state index is -4.74. The van der Waals surface area contributed by atoms with Crippen LogP contribution in [0.4, 0.5) is 24.5 Å². The first-order valence-electron chi connectivity index (χ1n) is 11.3. The molecule has 0 aliphatic carbocycles. The Morgan fingerprint density at radius 3 is 2.29 bits per heavy atom. The zero-order valence-electron chi connectivity index (χ0n) is 20.7. The lowest BCUT2D eigenvalue weighted by atomic mass is 10.1. The summed E-state index contributed by atoms with van der Waals surface area (Å²) in [4.78, 5) is 10.9. The summed E-state index contributed by atoms with van der Waals surface area (Å²) in [6.07, 6.45) is 0.354. The van der Waals surface area contributed by atoms with Gasteiger partial charge in [-0.15, -0.1) is 18.3 Å². The van der Waals surface area contributed by atoms with Gasteiger partial charge < -0.3 is 9.64 Å². The fourth-order valence-corrected chi connectivity index (χ4v) is 3.60. The monoisotopic (exact) mass is 539 g/mol. The van der Waals surface area contributed by atoms with E-state index in [1.807, 2.05) is 73.8 Å². The van der Waals surface area contributed by atoms with Gasteiger partial charge >= 0.3 is 6.36 Å². The van der Waals surface area contributed by atoms with Crippen LogP contribution in [0, 0.1) is 0 Å². The highest BCUT2D eigenvalue weighted by Crippen LogP contribution is 2.24. The third-order valence-corrected chi connectivity index (χ3v) is 5.73. The molecule has 0 amide bonds. The highest BCUT2D eigenvalue weighted by Gasteiger charge is 2.31. The lowest BCUT2D eigenvalue weighted by molar-refractivity contribution is -0.274. The van der Waals surface area contributed by atoms with Crippen molar-refractivity contribution in [2.75, 3.05) is 25.3 Å². The number of amidine groups is 1. The van der Waals surface area contributed by atoms with Crippen LogP contribution in [0.3, 0.4) is 0 Å². The molecule has 1 N–H and O–H groups in total. The molecule has 0 radical (unpaired) electrons. The summed E-state index contributed by atoms with van der Waals surface area (Å²) in [5, 5.41) is 9.35. The maximum absolute atomic E-state index is 12.3. The summed E-state index contributed by atoms with van der Waals surface area (Å²) in [6, 6.07) is 20.8. The second-order valence-electron chi connectivity index (χ2n) is 8.08. The van der Waals surface area contributed by atoms with Crippen LogP contribution in [0.5, 0.6) is 5.75 Å². The number of rotatable bonds is 7. The molecule has 0 bridgehead atoms. The van der Waals surface area contributed by atoms with Crippen LogP contribution in [-0.2, 0) is 0 Å². The Bertz CT molecular complexity index is 1400. The number of ether oxygens (including phenoxy) is 1. The van der Waals surface area contributed by atoms with Gasteiger partial charge in [-0.1, -0.05) is 36.0 Å². The van der Waals surface area contributed by atoms with E-state index in [0.29, 0.717) is 16.7 Å². The molecule has 0 unspecified atom stereocenters. The van der Waals surface area contributed by atoms with Gasteiger partial charge in [0.25, 0.3) is 0 Å². The van der Waals surface area contributed by atoms with Crippen LogP contribution in [0.25, 0.3) is 17.1 Å². The van der Waals surface area contributed by atoms with E-state index in [1.165, 1.54) is 47.0 Å². The summed E-state index contributed by atoms with van der Waals surface area (Å²) < 4.78 is 42.4. The number of nitrogens with one attached hydrogen (secondary N) is 1. The van der Waals surface area contributed by atoms with E-state index >= 15 is 0 Å². The zero-order chi connectivity index (χ0) is 27.1. The lowest BCUT2D eigenvalue weighted by Crippen LogP contribution is -2.17. The Morgan fingerprint density at radius 1 is 1.00 bits per heavy atom. The molecular formula is C26H24F3N7OS. The van der Waals surface area contributed by atoms with E-state index in [-0.39, 0.29) is 5.75 Å². The third-order valence-electron chi connectivity index (χ3n) is 5.16. The molecule has 0 aliphatic heterocycles. The second kappa shape index (κ2) is 11.8. The molecule has 0 aliphatic rings. The fourth-order valence-electron chi connectivity index (χ4n) is 3.26. The lowest BCUT2D eigenvalue weighted by Gasteiger charge is -2.11. The smallest absolute Gasteiger partial charge is 0.406 e. The number of aliphatic imine (C=N–C) groups is 1. The van der Waals surface area contributed by atoms with Gasteiger partial charge in [0, 0.05) is 25.3 Å². The Balaban J connectivity index is 1.37. The number of alkyl halides is 3. The van der Waals surface area contributed by atoms with Gasteiger partial charge in [-0.2, -0.15) is 5.10 Å². The number of halogens is 3. The number of anilines is 1. The minimum Gasteiger partial charge on any atom is -0.406 e. The quantitative estimate of drug-likeness (QED) is 0.180. The molecule has 12 heteroatoms. The minimum absolute atomic E-state index is 0.303. The number of aromatic nitrogens is 3. The van der Waals surface area contributed by atoms with Crippen molar-refractivity contribution < 1.29 is 17.9 Å². The Labute approximate surface area is 221 Å². The summed E-state index contributed by atoms with van der Waals surface area (Å²) >= 11 is 1.45. The van der Waals surface area contributed by atoms with Crippen molar-refractivity contribution in [2.45, 2.75) is 6.36 Å². The van der Waals surface area contributed by atoms with Gasteiger partial charge in [-0.25, -0.2) is 14.7 Å². The predicted octanol–water partition coefficient (Wildman–Crippen LogP) is 5.87. The normalized spacial score (nSPS) is 12.1. The third kappa shape index (κ3) is 7.35. The van der Waals surface area contributed by atoms with Crippen molar-refractivity contribution in [3.63, 3.8) is 0 Å². The van der Waals surface area contributed by atoms with E-state index < -0.39 is 6.36 Å². The summed E-state index contributed by atoms with van der Waals surface area (Å²) in [6.45, 7) is 0. The zero-order valence-corrected chi connectivity index (χ0v) is 21.5. The maximum atomic E-state index is 12.3. The average molecular weight is 540 g/mol. The molecular weight excluding hydrogens is 515 g/mol. The van der Waals surface area contributed by atoms with Crippen molar-refractivity contribution in [1.29, 1.82) is 0 Å². The average Bonchev–Trinajstić information content (AvgIpc) is 3.39. The van der Waals surface area contributed by atoms with Crippen molar-refractivity contribution >= 4 is 34.5 Å². The number of nitrogens with zero attached hydrogens (tertiary/aromatic N) is 6. The van der Waals surface area contributed by atoms with Gasteiger partial charge in [0.05, 0.1) is 17.6 Å². The van der Waals surface area contributed by atoms with E-state index in [9.17, 15) is 13.2 Å². The summed E-state index contributed by atoms with van der Waals surface area (Å²) in [5.41, 5.74) is 7.06. The fraction of sp³-hybridized carbons (Fsp3) is 0.154. The van der Waals surface area contributed by atoms with Crippen molar-refractivity contribution in [3.05, 3.63) is 84.7 Å². The first-order chi connectivity index (χ1) is 18.2. The predicted molar refractivity (Wildman–Crippen MR) is 146 cm³/mol. The van der Waals surface area contributed by atoms with Gasteiger partial charge in [-0.05, 0) is 60.4 Å². The maximum Gasteiger partial charge on any atom is 0.573 e. The SMILES string of the molecule is CSC(=Nc1ccc(N(C)C)cc1)N/N=C\c1ccc(-c2ncn(-c3ccc(OC(F)(F)F)cc3)n2)cc1. The first kappa shape index (κ1) is 26.7. The molecule has 196 valence electrons. The van der Waals surface area contributed by atoms with E-state index in [4.69, 9.17) is 0 Å². The molecule has 4 rings (SSSR count). The highest BCUT2D eigenvalue weighted by molar-refractivity contribution is 8.13. The van der Waals surface area contributed by atoms with Gasteiger partial charge in [0.1, 0.15) is 12.1 Å². The van der Waals surface area contributed by atoms with Crippen LogP contribution in [0.1, 0.15) is 5.56 Å². The van der Waals surface area contributed by atoms with Gasteiger partial charge in [0.15, 0.2) is 11.0 Å². The van der Waals surface area contributed by atoms with E-state index in [2.05, 4.69) is 30.3 Å². The number of hydrogen-bond acceptors (Lipinski definition) is 7. The Kier molecular flexibility index (Phi) is 8.31. The number of hydrazone groups is 1. The Hall–Kier alpha value is -4.32. The van der Waals surface area contributed by atoms with Crippen molar-refractivity contribution in [1.82, 2.24) is 20.2 Å². The van der Waals surface area contributed by atoms with Crippen LogP contribution >= 0.6 is 11.8 Å². The number of benzene rings is 3. The molecule has 8 nitrogen and oxygen atoms in total. The summed E-state index contributed by atoms with van der Waals surface area (Å²) in [7, 11) is 3.97. The number of hydrogen-bond donors (Lipinski definition) is 1. The van der Waals surface area contributed by atoms with Crippen molar-refractivity contribution in [2.24, 2.45) is 10.1 Å². The van der Waals surface area contributed by atoms with Crippen molar-refractivity contribution in [3.8, 4) is 22.8 Å². The topological polar surface area (TPSA) is 79.9 Å². The molecule has 0 atom stereocenters. The number of thioether (sulfide) groups is 1.